The van der Waals surface area contributed by atoms with E-state index >= 15 is 0 Å². The first-order chi connectivity index (χ1) is 17.7. The number of amides is 1. The molecule has 0 unspecified atom stereocenters. The van der Waals surface area contributed by atoms with Crippen molar-refractivity contribution in [1.82, 2.24) is 10.4 Å². The fourth-order valence-electron chi connectivity index (χ4n) is 4.54. The average molecular weight is 479 g/mol. The molecule has 5 rings (SSSR count). The van der Waals surface area contributed by atoms with Gasteiger partial charge < -0.3 is 9.84 Å². The van der Waals surface area contributed by atoms with E-state index in [0.29, 0.717) is 12.2 Å². The second-order valence-corrected chi connectivity index (χ2v) is 9.07. The first-order valence-corrected chi connectivity index (χ1v) is 12.5. The fraction of sp³-hybridized carbons (Fsp3) is 0.194. The molecule has 0 aromatic heterocycles. The number of rotatable bonds is 7. The van der Waals surface area contributed by atoms with Crippen molar-refractivity contribution in [1.29, 1.82) is 0 Å². The van der Waals surface area contributed by atoms with Crippen LogP contribution in [-0.2, 0) is 4.79 Å². The van der Waals surface area contributed by atoms with E-state index in [1.165, 1.54) is 6.42 Å². The van der Waals surface area contributed by atoms with Gasteiger partial charge in [-0.3, -0.25) is 10.2 Å². The molecule has 5 nitrogen and oxygen atoms in total. The van der Waals surface area contributed by atoms with E-state index in [0.717, 1.165) is 59.1 Å². The van der Waals surface area contributed by atoms with Crippen LogP contribution in [0, 0.1) is 0 Å². The number of hydrogen-bond donors (Lipinski definition) is 2. The van der Waals surface area contributed by atoms with Crippen LogP contribution in [0.1, 0.15) is 31.2 Å². The Labute approximate surface area is 211 Å². The normalized spacial score (nSPS) is 14.2. The lowest BCUT2D eigenvalue weighted by molar-refractivity contribution is -0.125. The van der Waals surface area contributed by atoms with Crippen LogP contribution in [0.2, 0.25) is 0 Å². The minimum absolute atomic E-state index is 0.0172. The Kier molecular flexibility index (Phi) is 7.29. The summed E-state index contributed by atoms with van der Waals surface area (Å²) in [4.78, 5) is 12.2. The Hall–Kier alpha value is -4.09. The average Bonchev–Trinajstić information content (AvgIpc) is 2.91. The third-order valence-electron chi connectivity index (χ3n) is 6.39. The summed E-state index contributed by atoms with van der Waals surface area (Å²) in [6.45, 7) is 1.86. The number of nitrogens with one attached hydrogen (secondary N) is 1. The number of carbonyl (C=O) groups is 1. The molecule has 4 aromatic carbocycles. The first kappa shape index (κ1) is 23.6. The topological polar surface area (TPSA) is 61.8 Å². The largest absolute Gasteiger partial charge is 0.508 e. The maximum Gasteiger partial charge on any atom is 0.238 e. The van der Waals surface area contributed by atoms with E-state index in [1.807, 2.05) is 77.8 Å². The molecule has 1 heterocycles. The number of hydrogen-bond acceptors (Lipinski definition) is 4. The van der Waals surface area contributed by atoms with Gasteiger partial charge in [0, 0.05) is 30.5 Å². The van der Waals surface area contributed by atoms with Gasteiger partial charge in [-0.05, 0) is 65.8 Å². The van der Waals surface area contributed by atoms with Gasteiger partial charge >= 0.3 is 0 Å². The van der Waals surface area contributed by atoms with E-state index < -0.39 is 0 Å². The number of carbonyl (C=O) groups excluding carboxylic acids is 1. The highest BCUT2D eigenvalue weighted by Crippen LogP contribution is 2.40. The SMILES string of the molecule is O=C(CC=Cc1ccc(Oc2c(-c3ccccc3)ccc3cc(O)ccc23)cc1)NN1CCCCC1. The lowest BCUT2D eigenvalue weighted by atomic mass is 9.99. The van der Waals surface area contributed by atoms with Gasteiger partial charge in [0.05, 0.1) is 0 Å². The summed E-state index contributed by atoms with van der Waals surface area (Å²) in [5.74, 6) is 1.70. The van der Waals surface area contributed by atoms with Crippen LogP contribution >= 0.6 is 0 Å². The van der Waals surface area contributed by atoms with Crippen molar-refractivity contribution in [3.05, 3.63) is 96.6 Å². The zero-order valence-corrected chi connectivity index (χ0v) is 20.2. The number of nitrogens with zero attached hydrogens (tertiary/aromatic N) is 1. The van der Waals surface area contributed by atoms with E-state index in [2.05, 4.69) is 17.6 Å². The van der Waals surface area contributed by atoms with Crippen molar-refractivity contribution in [2.45, 2.75) is 25.7 Å². The molecular formula is C31H30N2O3. The number of ether oxygens (including phenoxy) is 1. The van der Waals surface area contributed by atoms with Gasteiger partial charge in [-0.1, -0.05) is 67.1 Å². The molecule has 1 aliphatic heterocycles. The van der Waals surface area contributed by atoms with Gasteiger partial charge in [0.1, 0.15) is 17.2 Å². The molecule has 0 radical (unpaired) electrons. The van der Waals surface area contributed by atoms with E-state index in [4.69, 9.17) is 4.74 Å². The summed E-state index contributed by atoms with van der Waals surface area (Å²) >= 11 is 0. The quantitative estimate of drug-likeness (QED) is 0.302. The number of piperidine rings is 1. The first-order valence-electron chi connectivity index (χ1n) is 12.5. The van der Waals surface area contributed by atoms with Crippen LogP contribution in [0.4, 0.5) is 0 Å². The highest BCUT2D eigenvalue weighted by molar-refractivity contribution is 5.96. The van der Waals surface area contributed by atoms with Gasteiger partial charge in [0.25, 0.3) is 0 Å². The monoisotopic (exact) mass is 478 g/mol. The summed E-state index contributed by atoms with van der Waals surface area (Å²) < 4.78 is 6.42. The van der Waals surface area contributed by atoms with E-state index in [1.54, 1.807) is 12.1 Å². The highest BCUT2D eigenvalue weighted by Gasteiger charge is 2.13. The lowest BCUT2D eigenvalue weighted by Gasteiger charge is -2.26. The minimum Gasteiger partial charge on any atom is -0.508 e. The molecule has 0 atom stereocenters. The van der Waals surface area contributed by atoms with Crippen molar-refractivity contribution >= 4 is 22.8 Å². The van der Waals surface area contributed by atoms with Gasteiger partial charge in [-0.2, -0.15) is 0 Å². The van der Waals surface area contributed by atoms with Crippen LogP contribution in [-0.4, -0.2) is 29.1 Å². The van der Waals surface area contributed by atoms with Gasteiger partial charge in [0.15, 0.2) is 0 Å². The summed E-state index contributed by atoms with van der Waals surface area (Å²) in [5.41, 5.74) is 6.03. The Bertz CT molecular complexity index is 1360. The molecule has 5 heteroatoms. The maximum absolute atomic E-state index is 12.2. The number of phenolic OH excluding ortho intramolecular Hbond substituents is 1. The van der Waals surface area contributed by atoms with Crippen LogP contribution in [0.25, 0.3) is 28.0 Å². The van der Waals surface area contributed by atoms with Crippen LogP contribution in [0.5, 0.6) is 17.2 Å². The Morgan fingerprint density at radius 3 is 2.47 bits per heavy atom. The number of aromatic hydroxyl groups is 1. The molecule has 0 spiro atoms. The molecule has 0 bridgehead atoms. The zero-order valence-electron chi connectivity index (χ0n) is 20.2. The standard InChI is InChI=1S/C31H30N2O3/c34-26-15-19-29-25(22-26)14-18-28(24-9-3-1-4-10-24)31(29)36-27-16-12-23(13-17-27)8-7-11-30(35)32-33-20-5-2-6-21-33/h1,3-4,7-10,12-19,22,34H,2,5-6,11,20-21H2,(H,32,35). The minimum atomic E-state index is 0.0172. The van der Waals surface area contributed by atoms with Gasteiger partial charge in [-0.25, -0.2) is 5.01 Å². The van der Waals surface area contributed by atoms with E-state index in [9.17, 15) is 9.90 Å². The van der Waals surface area contributed by atoms with Crippen LogP contribution in [0.15, 0.2) is 91.0 Å². The Morgan fingerprint density at radius 1 is 0.917 bits per heavy atom. The predicted molar refractivity (Wildman–Crippen MR) is 145 cm³/mol. The summed E-state index contributed by atoms with van der Waals surface area (Å²) in [6.07, 6.45) is 7.70. The molecule has 1 aliphatic rings. The molecule has 182 valence electrons. The van der Waals surface area contributed by atoms with Gasteiger partial charge in [-0.15, -0.1) is 0 Å². The molecule has 0 saturated carbocycles. The Balaban J connectivity index is 1.31. The zero-order chi connectivity index (χ0) is 24.7. The predicted octanol–water partition coefficient (Wildman–Crippen LogP) is 6.93. The molecule has 2 N–H and O–H groups in total. The second-order valence-electron chi connectivity index (χ2n) is 9.07. The summed E-state index contributed by atoms with van der Waals surface area (Å²) in [7, 11) is 0. The van der Waals surface area contributed by atoms with Gasteiger partial charge in [0.2, 0.25) is 5.91 Å². The molecule has 1 saturated heterocycles. The third-order valence-corrected chi connectivity index (χ3v) is 6.39. The number of fused-ring (bicyclic) bond motifs is 1. The smallest absolute Gasteiger partial charge is 0.238 e. The Morgan fingerprint density at radius 2 is 1.69 bits per heavy atom. The lowest BCUT2D eigenvalue weighted by Crippen LogP contribution is -2.44. The second kappa shape index (κ2) is 11.1. The van der Waals surface area contributed by atoms with Crippen molar-refractivity contribution in [3.8, 4) is 28.4 Å². The summed E-state index contributed by atoms with van der Waals surface area (Å²) in [5, 5.41) is 13.8. The third kappa shape index (κ3) is 5.75. The maximum atomic E-state index is 12.2. The molecular weight excluding hydrogens is 448 g/mol. The van der Waals surface area contributed by atoms with Crippen molar-refractivity contribution in [2.75, 3.05) is 13.1 Å². The fourth-order valence-corrected chi connectivity index (χ4v) is 4.54. The number of phenols is 1. The molecule has 0 aliphatic carbocycles. The van der Waals surface area contributed by atoms with Crippen LogP contribution in [0.3, 0.4) is 0 Å². The summed E-state index contributed by atoms with van der Waals surface area (Å²) in [6, 6.07) is 27.3. The molecule has 36 heavy (non-hydrogen) atoms. The van der Waals surface area contributed by atoms with Crippen LogP contribution < -0.4 is 10.2 Å². The molecule has 4 aromatic rings. The number of benzene rings is 4. The van der Waals surface area contributed by atoms with Crippen molar-refractivity contribution in [3.63, 3.8) is 0 Å². The van der Waals surface area contributed by atoms with Crippen molar-refractivity contribution in [2.24, 2.45) is 0 Å². The number of hydrazine groups is 1. The highest BCUT2D eigenvalue weighted by atomic mass is 16.5. The van der Waals surface area contributed by atoms with Crippen molar-refractivity contribution < 1.29 is 14.6 Å². The van der Waals surface area contributed by atoms with E-state index in [-0.39, 0.29) is 11.7 Å². The molecule has 1 amide bonds. The molecule has 1 fully saturated rings.